The number of hydrogen-bond donors (Lipinski definition) is 1. The van der Waals surface area contributed by atoms with Gasteiger partial charge in [0, 0.05) is 17.1 Å². The van der Waals surface area contributed by atoms with Crippen LogP contribution in [0.15, 0.2) is 35.8 Å². The van der Waals surface area contributed by atoms with Crippen molar-refractivity contribution < 1.29 is 0 Å². The van der Waals surface area contributed by atoms with Gasteiger partial charge in [0.1, 0.15) is 0 Å². The molecule has 3 rings (SSSR count). The Bertz CT molecular complexity index is 533. The van der Waals surface area contributed by atoms with Crippen LogP contribution in [0.4, 0.5) is 0 Å². The number of aromatic nitrogens is 1. The van der Waals surface area contributed by atoms with Gasteiger partial charge in [-0.05, 0) is 41.8 Å². The van der Waals surface area contributed by atoms with Crippen LogP contribution >= 0.6 is 11.3 Å². The summed E-state index contributed by atoms with van der Waals surface area (Å²) in [5, 5.41) is 5.98. The molecule has 1 aliphatic rings. The van der Waals surface area contributed by atoms with E-state index in [-0.39, 0.29) is 0 Å². The van der Waals surface area contributed by atoms with Gasteiger partial charge in [-0.15, -0.1) is 11.3 Å². The van der Waals surface area contributed by atoms with Crippen LogP contribution in [0.5, 0.6) is 0 Å². The van der Waals surface area contributed by atoms with E-state index in [0.29, 0.717) is 18.0 Å². The highest BCUT2D eigenvalue weighted by Gasteiger charge is 2.27. The van der Waals surface area contributed by atoms with E-state index < -0.39 is 0 Å². The van der Waals surface area contributed by atoms with E-state index in [1.165, 1.54) is 22.6 Å². The number of nitrogens with one attached hydrogen (secondary N) is 1. The van der Waals surface area contributed by atoms with E-state index in [9.17, 15) is 0 Å². The van der Waals surface area contributed by atoms with Gasteiger partial charge in [-0.1, -0.05) is 26.0 Å². The highest BCUT2D eigenvalue weighted by Crippen LogP contribution is 2.34. The first-order valence-electron chi connectivity index (χ1n) is 6.99. The van der Waals surface area contributed by atoms with Gasteiger partial charge in [-0.25, -0.2) is 0 Å². The van der Waals surface area contributed by atoms with Crippen LogP contribution in [0, 0.1) is 5.92 Å². The van der Waals surface area contributed by atoms with Gasteiger partial charge in [0.2, 0.25) is 0 Å². The first kappa shape index (κ1) is 12.8. The molecule has 0 amide bonds. The summed E-state index contributed by atoms with van der Waals surface area (Å²) in [6.07, 6.45) is 4.23. The molecule has 2 aromatic rings. The Balaban J connectivity index is 1.81. The van der Waals surface area contributed by atoms with Crippen LogP contribution in [0.2, 0.25) is 0 Å². The van der Waals surface area contributed by atoms with Crippen LogP contribution in [0.3, 0.4) is 0 Å². The zero-order chi connectivity index (χ0) is 13.2. The topological polar surface area (TPSA) is 24.9 Å². The van der Waals surface area contributed by atoms with Crippen molar-refractivity contribution in [2.45, 2.75) is 38.8 Å². The van der Waals surface area contributed by atoms with Crippen molar-refractivity contribution in [3.05, 3.63) is 52.0 Å². The first-order valence-corrected chi connectivity index (χ1v) is 7.87. The van der Waals surface area contributed by atoms with Crippen molar-refractivity contribution in [1.29, 1.82) is 0 Å². The molecular formula is C16H20N2S. The number of fused-ring (bicyclic) bond motifs is 1. The molecule has 0 radical (unpaired) electrons. The minimum atomic E-state index is 0.408. The number of nitrogens with zero attached hydrogens (tertiary/aromatic N) is 1. The summed E-state index contributed by atoms with van der Waals surface area (Å²) in [6.45, 7) is 4.57. The molecule has 2 nitrogen and oxygen atoms in total. The lowest BCUT2D eigenvalue weighted by Gasteiger charge is -2.25. The smallest absolute Gasteiger partial charge is 0.0605 e. The highest BCUT2D eigenvalue weighted by atomic mass is 32.1. The molecule has 100 valence electrons. The van der Waals surface area contributed by atoms with Crippen molar-refractivity contribution in [3.8, 4) is 0 Å². The summed E-state index contributed by atoms with van der Waals surface area (Å²) in [6, 6.07) is 9.46. The average Bonchev–Trinajstić information content (AvgIpc) is 3.05. The normalized spacial score (nSPS) is 19.6. The maximum absolute atomic E-state index is 4.58. The van der Waals surface area contributed by atoms with E-state index >= 15 is 0 Å². The molecule has 0 saturated carbocycles. The molecule has 0 saturated heterocycles. The molecule has 3 heteroatoms. The van der Waals surface area contributed by atoms with Gasteiger partial charge < -0.3 is 5.32 Å². The third kappa shape index (κ3) is 2.58. The van der Waals surface area contributed by atoms with Gasteiger partial charge in [0.05, 0.1) is 11.7 Å². The Morgan fingerprint density at radius 2 is 2.21 bits per heavy atom. The van der Waals surface area contributed by atoms with E-state index in [2.05, 4.69) is 47.7 Å². The lowest BCUT2D eigenvalue weighted by Crippen LogP contribution is -2.28. The number of pyridine rings is 1. The predicted octanol–water partition coefficient (Wildman–Crippen LogP) is 4.12. The van der Waals surface area contributed by atoms with E-state index in [0.717, 1.165) is 6.42 Å². The second-order valence-electron chi connectivity index (χ2n) is 5.54. The molecule has 0 fully saturated rings. The summed E-state index contributed by atoms with van der Waals surface area (Å²) in [5.74, 6) is 0.589. The zero-order valence-electron chi connectivity index (χ0n) is 11.5. The van der Waals surface area contributed by atoms with Crippen LogP contribution in [-0.2, 0) is 6.42 Å². The van der Waals surface area contributed by atoms with E-state index in [1.54, 1.807) is 0 Å². The van der Waals surface area contributed by atoms with Gasteiger partial charge in [-0.2, -0.15) is 0 Å². The van der Waals surface area contributed by atoms with Crippen molar-refractivity contribution in [3.63, 3.8) is 0 Å². The second kappa shape index (κ2) is 5.43. The molecule has 0 spiro atoms. The number of rotatable bonds is 4. The van der Waals surface area contributed by atoms with Crippen molar-refractivity contribution in [2.24, 2.45) is 5.92 Å². The third-order valence-corrected chi connectivity index (χ3v) is 4.81. The molecule has 1 N–H and O–H groups in total. The summed E-state index contributed by atoms with van der Waals surface area (Å²) in [4.78, 5) is 6.01. The molecule has 2 atom stereocenters. The fraction of sp³-hybridized carbons (Fsp3) is 0.438. The molecule has 19 heavy (non-hydrogen) atoms. The monoisotopic (exact) mass is 272 g/mol. The minimum Gasteiger partial charge on any atom is -0.301 e. The van der Waals surface area contributed by atoms with Gasteiger partial charge in [-0.3, -0.25) is 4.98 Å². The quantitative estimate of drug-likeness (QED) is 0.905. The summed E-state index contributed by atoms with van der Waals surface area (Å²) >= 11 is 1.84. The summed E-state index contributed by atoms with van der Waals surface area (Å²) in [5.41, 5.74) is 2.67. The molecule has 0 aromatic carbocycles. The van der Waals surface area contributed by atoms with Crippen molar-refractivity contribution in [1.82, 2.24) is 10.3 Å². The Labute approximate surface area is 118 Å². The maximum Gasteiger partial charge on any atom is 0.0605 e. The fourth-order valence-corrected chi connectivity index (χ4v) is 3.82. The highest BCUT2D eigenvalue weighted by molar-refractivity contribution is 7.10. The molecule has 0 bridgehead atoms. The second-order valence-corrected chi connectivity index (χ2v) is 6.52. The largest absolute Gasteiger partial charge is 0.301 e. The molecule has 2 aromatic heterocycles. The van der Waals surface area contributed by atoms with Crippen LogP contribution in [0.25, 0.3) is 0 Å². The standard InChI is InChI=1S/C16H20N2S/c1-11(2)15(14-6-4-10-19-14)18-13-8-7-12-5-3-9-17-16(12)13/h3-6,9-11,13,15,18H,7-8H2,1-2H3. The lowest BCUT2D eigenvalue weighted by molar-refractivity contribution is 0.362. The Morgan fingerprint density at radius 1 is 1.32 bits per heavy atom. The molecular weight excluding hydrogens is 252 g/mol. The van der Waals surface area contributed by atoms with Crippen molar-refractivity contribution in [2.75, 3.05) is 0 Å². The Kier molecular flexibility index (Phi) is 3.67. The van der Waals surface area contributed by atoms with Gasteiger partial charge in [0.15, 0.2) is 0 Å². The van der Waals surface area contributed by atoms with Crippen LogP contribution in [0.1, 0.15) is 48.5 Å². The number of thiophene rings is 1. The van der Waals surface area contributed by atoms with Gasteiger partial charge in [0.25, 0.3) is 0 Å². The lowest BCUT2D eigenvalue weighted by atomic mass is 10.0. The first-order chi connectivity index (χ1) is 9.25. The SMILES string of the molecule is CC(C)C(NC1CCc2cccnc21)c1cccs1. The molecule has 2 unspecified atom stereocenters. The maximum atomic E-state index is 4.58. The number of hydrogen-bond acceptors (Lipinski definition) is 3. The summed E-state index contributed by atoms with van der Waals surface area (Å²) < 4.78 is 0. The predicted molar refractivity (Wildman–Crippen MR) is 80.3 cm³/mol. The van der Waals surface area contributed by atoms with E-state index in [1.807, 2.05) is 23.6 Å². The van der Waals surface area contributed by atoms with Gasteiger partial charge >= 0.3 is 0 Å². The Morgan fingerprint density at radius 3 is 2.95 bits per heavy atom. The Hall–Kier alpha value is -1.19. The minimum absolute atomic E-state index is 0.408. The third-order valence-electron chi connectivity index (χ3n) is 3.86. The van der Waals surface area contributed by atoms with Crippen LogP contribution in [-0.4, -0.2) is 4.98 Å². The number of aryl methyl sites for hydroxylation is 1. The molecule has 2 heterocycles. The molecule has 1 aliphatic carbocycles. The average molecular weight is 272 g/mol. The fourth-order valence-electron chi connectivity index (χ4n) is 2.86. The zero-order valence-corrected chi connectivity index (χ0v) is 12.3. The van der Waals surface area contributed by atoms with E-state index in [4.69, 9.17) is 0 Å². The van der Waals surface area contributed by atoms with Crippen molar-refractivity contribution >= 4 is 11.3 Å². The van der Waals surface area contributed by atoms with Crippen LogP contribution < -0.4 is 5.32 Å². The molecule has 0 aliphatic heterocycles. The summed E-state index contributed by atoms with van der Waals surface area (Å²) in [7, 11) is 0.